The molecule has 2 heterocycles. The molecule has 1 N–H and O–H groups in total. The number of hydrogen-bond donors (Lipinski definition) is 1. The van der Waals surface area contributed by atoms with E-state index in [0.717, 1.165) is 28.8 Å². The number of carboxylic acid groups (broad SMARTS) is 1. The lowest BCUT2D eigenvalue weighted by Crippen LogP contribution is -2.22. The molecular formula is C11H13IN2O2. The van der Waals surface area contributed by atoms with E-state index < -0.39 is 5.97 Å². The SMILES string of the molecule is O=C(O)C1CCN(Cc2ccc(I)nc2)C1. The van der Waals surface area contributed by atoms with Gasteiger partial charge in [-0.2, -0.15) is 0 Å². The first-order valence-corrected chi connectivity index (χ1v) is 6.28. The summed E-state index contributed by atoms with van der Waals surface area (Å²) in [6, 6.07) is 4.02. The van der Waals surface area contributed by atoms with Crippen molar-refractivity contribution in [3.05, 3.63) is 27.6 Å². The number of likely N-dealkylation sites (tertiary alicyclic amines) is 1. The zero-order chi connectivity index (χ0) is 11.5. The molecule has 0 bridgehead atoms. The highest BCUT2D eigenvalue weighted by Gasteiger charge is 2.27. The molecule has 0 amide bonds. The Labute approximate surface area is 108 Å². The summed E-state index contributed by atoms with van der Waals surface area (Å²) in [4.78, 5) is 17.2. The Morgan fingerprint density at radius 3 is 3.00 bits per heavy atom. The molecule has 1 unspecified atom stereocenters. The van der Waals surface area contributed by atoms with Gasteiger partial charge in [-0.3, -0.25) is 14.7 Å². The highest BCUT2D eigenvalue weighted by molar-refractivity contribution is 14.1. The summed E-state index contributed by atoms with van der Waals surface area (Å²) in [5, 5.41) is 8.89. The van der Waals surface area contributed by atoms with Crippen molar-refractivity contribution in [1.29, 1.82) is 0 Å². The zero-order valence-electron chi connectivity index (χ0n) is 8.77. The van der Waals surface area contributed by atoms with Crippen molar-refractivity contribution in [2.24, 2.45) is 5.92 Å². The van der Waals surface area contributed by atoms with Gasteiger partial charge in [-0.25, -0.2) is 0 Å². The predicted molar refractivity (Wildman–Crippen MR) is 68.0 cm³/mol. The van der Waals surface area contributed by atoms with Gasteiger partial charge in [-0.1, -0.05) is 6.07 Å². The van der Waals surface area contributed by atoms with Crippen LogP contribution in [-0.2, 0) is 11.3 Å². The molecule has 1 fully saturated rings. The summed E-state index contributed by atoms with van der Waals surface area (Å²) in [5.74, 6) is -0.875. The molecule has 0 aromatic carbocycles. The largest absolute Gasteiger partial charge is 0.481 e. The number of nitrogens with zero attached hydrogens (tertiary/aromatic N) is 2. The van der Waals surface area contributed by atoms with Crippen LogP contribution >= 0.6 is 22.6 Å². The van der Waals surface area contributed by atoms with Gasteiger partial charge in [0.25, 0.3) is 0 Å². The minimum atomic E-state index is -0.678. The second-order valence-electron chi connectivity index (χ2n) is 4.05. The monoisotopic (exact) mass is 332 g/mol. The third kappa shape index (κ3) is 2.91. The van der Waals surface area contributed by atoms with Crippen LogP contribution in [0.1, 0.15) is 12.0 Å². The van der Waals surface area contributed by atoms with Gasteiger partial charge in [0.1, 0.15) is 3.70 Å². The van der Waals surface area contributed by atoms with Crippen molar-refractivity contribution in [3.8, 4) is 0 Å². The van der Waals surface area contributed by atoms with Crippen LogP contribution in [-0.4, -0.2) is 34.0 Å². The number of aromatic nitrogens is 1. The molecule has 0 saturated carbocycles. The Bertz CT molecular complexity index is 380. The summed E-state index contributed by atoms with van der Waals surface area (Å²) >= 11 is 2.17. The van der Waals surface area contributed by atoms with Crippen LogP contribution in [0.15, 0.2) is 18.3 Å². The van der Waals surface area contributed by atoms with Crippen LogP contribution in [0.3, 0.4) is 0 Å². The van der Waals surface area contributed by atoms with E-state index in [4.69, 9.17) is 5.11 Å². The number of carboxylic acids is 1. The number of rotatable bonds is 3. The number of halogens is 1. The topological polar surface area (TPSA) is 53.4 Å². The first-order valence-electron chi connectivity index (χ1n) is 5.21. The number of pyridine rings is 1. The molecule has 1 atom stereocenters. The van der Waals surface area contributed by atoms with Gasteiger partial charge in [0.2, 0.25) is 0 Å². The minimum Gasteiger partial charge on any atom is -0.481 e. The van der Waals surface area contributed by atoms with Crippen molar-refractivity contribution in [2.45, 2.75) is 13.0 Å². The lowest BCUT2D eigenvalue weighted by atomic mass is 10.1. The molecule has 0 spiro atoms. The van der Waals surface area contributed by atoms with Crippen molar-refractivity contribution in [2.75, 3.05) is 13.1 Å². The van der Waals surface area contributed by atoms with E-state index in [1.807, 2.05) is 18.3 Å². The molecule has 1 aliphatic rings. The molecule has 5 heteroatoms. The predicted octanol–water partition coefficient (Wildman–Crippen LogP) is 1.59. The molecule has 1 aromatic heterocycles. The van der Waals surface area contributed by atoms with Gasteiger partial charge < -0.3 is 5.11 Å². The Morgan fingerprint density at radius 1 is 1.62 bits per heavy atom. The van der Waals surface area contributed by atoms with Crippen molar-refractivity contribution in [1.82, 2.24) is 9.88 Å². The Morgan fingerprint density at radius 2 is 2.44 bits per heavy atom. The van der Waals surface area contributed by atoms with Gasteiger partial charge in [0, 0.05) is 19.3 Å². The number of carbonyl (C=O) groups is 1. The first-order chi connectivity index (χ1) is 7.65. The average molecular weight is 332 g/mol. The van der Waals surface area contributed by atoms with Crippen molar-refractivity contribution < 1.29 is 9.90 Å². The normalized spacial score (nSPS) is 21.2. The van der Waals surface area contributed by atoms with E-state index in [0.29, 0.717) is 6.54 Å². The summed E-state index contributed by atoms with van der Waals surface area (Å²) in [7, 11) is 0. The number of hydrogen-bond acceptors (Lipinski definition) is 3. The second kappa shape index (κ2) is 5.09. The Hall–Kier alpha value is -0.690. The molecule has 4 nitrogen and oxygen atoms in total. The van der Waals surface area contributed by atoms with E-state index in [2.05, 4.69) is 32.5 Å². The molecule has 2 rings (SSSR count). The maximum atomic E-state index is 10.8. The average Bonchev–Trinajstić information content (AvgIpc) is 2.70. The summed E-state index contributed by atoms with van der Waals surface area (Å²) in [5.41, 5.74) is 1.14. The number of aliphatic carboxylic acids is 1. The molecule has 16 heavy (non-hydrogen) atoms. The van der Waals surface area contributed by atoms with Crippen molar-refractivity contribution >= 4 is 28.6 Å². The molecular weight excluding hydrogens is 319 g/mol. The fourth-order valence-corrected chi connectivity index (χ4v) is 2.26. The van der Waals surface area contributed by atoms with Crippen LogP contribution < -0.4 is 0 Å². The van der Waals surface area contributed by atoms with E-state index in [-0.39, 0.29) is 5.92 Å². The molecule has 0 radical (unpaired) electrons. The van der Waals surface area contributed by atoms with Gasteiger partial charge in [0.15, 0.2) is 0 Å². The van der Waals surface area contributed by atoms with Gasteiger partial charge in [-0.15, -0.1) is 0 Å². The van der Waals surface area contributed by atoms with Crippen LogP contribution in [0.2, 0.25) is 0 Å². The van der Waals surface area contributed by atoms with E-state index in [1.165, 1.54) is 0 Å². The third-order valence-electron chi connectivity index (χ3n) is 2.82. The summed E-state index contributed by atoms with van der Waals surface area (Å²) in [6.45, 7) is 2.32. The maximum absolute atomic E-state index is 10.8. The van der Waals surface area contributed by atoms with Crippen LogP contribution in [0.5, 0.6) is 0 Å². The van der Waals surface area contributed by atoms with Crippen LogP contribution in [0.25, 0.3) is 0 Å². The van der Waals surface area contributed by atoms with Crippen LogP contribution in [0.4, 0.5) is 0 Å². The van der Waals surface area contributed by atoms with Crippen LogP contribution in [0, 0.1) is 9.62 Å². The fraction of sp³-hybridized carbons (Fsp3) is 0.455. The quantitative estimate of drug-likeness (QED) is 0.675. The van der Waals surface area contributed by atoms with E-state index >= 15 is 0 Å². The maximum Gasteiger partial charge on any atom is 0.307 e. The standard InChI is InChI=1S/C11H13IN2O2/c12-10-2-1-8(5-13-10)6-14-4-3-9(7-14)11(15)16/h1-2,5,9H,3-4,6-7H2,(H,15,16). The molecule has 1 aliphatic heterocycles. The van der Waals surface area contributed by atoms with E-state index in [9.17, 15) is 4.79 Å². The second-order valence-corrected chi connectivity index (χ2v) is 5.15. The highest BCUT2D eigenvalue weighted by Crippen LogP contribution is 2.18. The molecule has 1 aromatic rings. The minimum absolute atomic E-state index is 0.197. The van der Waals surface area contributed by atoms with E-state index in [1.54, 1.807) is 0 Å². The van der Waals surface area contributed by atoms with Gasteiger partial charge >= 0.3 is 5.97 Å². The van der Waals surface area contributed by atoms with Gasteiger partial charge in [0.05, 0.1) is 5.92 Å². The highest BCUT2D eigenvalue weighted by atomic mass is 127. The molecule has 86 valence electrons. The fourth-order valence-electron chi connectivity index (χ4n) is 1.94. The lowest BCUT2D eigenvalue weighted by molar-refractivity contribution is -0.141. The summed E-state index contributed by atoms with van der Waals surface area (Å²) in [6.07, 6.45) is 2.61. The Balaban J connectivity index is 1.92. The first kappa shape index (κ1) is 11.8. The molecule has 0 aliphatic carbocycles. The smallest absolute Gasteiger partial charge is 0.307 e. The molecule has 1 saturated heterocycles. The zero-order valence-corrected chi connectivity index (χ0v) is 10.9. The van der Waals surface area contributed by atoms with Gasteiger partial charge in [-0.05, 0) is 47.2 Å². The third-order valence-corrected chi connectivity index (χ3v) is 3.45. The van der Waals surface area contributed by atoms with Crippen molar-refractivity contribution in [3.63, 3.8) is 0 Å². The Kier molecular flexibility index (Phi) is 3.75. The lowest BCUT2D eigenvalue weighted by Gasteiger charge is -2.14. The summed E-state index contributed by atoms with van der Waals surface area (Å²) < 4.78 is 0.978.